The van der Waals surface area contributed by atoms with Gasteiger partial charge in [-0.1, -0.05) is 24.3 Å². The van der Waals surface area contributed by atoms with Crippen LogP contribution in [-0.2, 0) is 20.9 Å². The van der Waals surface area contributed by atoms with Crippen molar-refractivity contribution >= 4 is 11.8 Å². The molecule has 160 valence electrons. The van der Waals surface area contributed by atoms with Gasteiger partial charge < -0.3 is 15.0 Å². The minimum Gasteiger partial charge on any atom is -0.375 e. The third kappa shape index (κ3) is 5.42. The molecule has 1 fully saturated rings. The molecule has 0 aromatic heterocycles. The minimum absolute atomic E-state index is 0.0627. The minimum atomic E-state index is -0.427. The lowest BCUT2D eigenvalue weighted by Crippen LogP contribution is -2.48. The fourth-order valence-corrected chi connectivity index (χ4v) is 3.85. The molecule has 0 radical (unpaired) electrons. The molecule has 0 saturated carbocycles. The number of carbonyl (C=O) groups is 2. The van der Waals surface area contributed by atoms with Gasteiger partial charge in [0.05, 0.1) is 5.92 Å². The molecule has 0 aliphatic carbocycles. The molecule has 2 amide bonds. The maximum atomic E-state index is 13.7. The molecule has 2 atom stereocenters. The summed E-state index contributed by atoms with van der Waals surface area (Å²) in [5.41, 5.74) is 2.09. The van der Waals surface area contributed by atoms with Crippen molar-refractivity contribution in [2.24, 2.45) is 5.92 Å². The Morgan fingerprint density at radius 3 is 2.67 bits per heavy atom. The number of hydrogen-bond acceptors (Lipinski definition) is 3. The van der Waals surface area contributed by atoms with Crippen LogP contribution >= 0.6 is 0 Å². The summed E-state index contributed by atoms with van der Waals surface area (Å²) in [6, 6.07) is 10.9. The molecule has 1 saturated heterocycles. The van der Waals surface area contributed by atoms with Crippen molar-refractivity contribution in [1.82, 2.24) is 10.2 Å². The average Bonchev–Trinajstić information content (AvgIpc) is 2.74. The summed E-state index contributed by atoms with van der Waals surface area (Å²) in [6.45, 7) is 2.57. The number of carbonyl (C=O) groups excluding carboxylic acids is 2. The van der Waals surface area contributed by atoms with E-state index in [1.165, 1.54) is 25.3 Å². The van der Waals surface area contributed by atoms with Gasteiger partial charge in [-0.25, -0.2) is 8.78 Å². The Kier molecular flexibility index (Phi) is 7.15. The number of methoxy groups -OCH3 is 1. The lowest BCUT2D eigenvalue weighted by Gasteiger charge is -2.37. The molecule has 30 heavy (non-hydrogen) atoms. The van der Waals surface area contributed by atoms with Crippen LogP contribution in [0.2, 0.25) is 0 Å². The Bertz CT molecular complexity index is 919. The largest absolute Gasteiger partial charge is 0.375 e. The first kappa shape index (κ1) is 21.9. The van der Waals surface area contributed by atoms with E-state index in [4.69, 9.17) is 4.74 Å². The van der Waals surface area contributed by atoms with Gasteiger partial charge in [-0.3, -0.25) is 9.59 Å². The van der Waals surface area contributed by atoms with Crippen LogP contribution in [0.25, 0.3) is 0 Å². The average molecular weight is 416 g/mol. The van der Waals surface area contributed by atoms with E-state index in [-0.39, 0.29) is 49.1 Å². The van der Waals surface area contributed by atoms with E-state index in [2.05, 4.69) is 5.32 Å². The van der Waals surface area contributed by atoms with Crippen LogP contribution in [0.15, 0.2) is 42.5 Å². The van der Waals surface area contributed by atoms with Crippen molar-refractivity contribution in [3.8, 4) is 0 Å². The molecule has 2 aromatic carbocycles. The van der Waals surface area contributed by atoms with Crippen LogP contribution in [0.3, 0.4) is 0 Å². The van der Waals surface area contributed by atoms with E-state index in [9.17, 15) is 18.4 Å². The molecule has 1 N–H and O–H groups in total. The molecule has 1 heterocycles. The SMILES string of the molecule is COCC(=O)N1CC(C(=O)NCc2cccc(F)c2)CC(c2ccc(F)c(C)c2)C1. The fraction of sp³-hybridized carbons (Fsp3) is 0.391. The lowest BCUT2D eigenvalue weighted by molar-refractivity contribution is -0.139. The van der Waals surface area contributed by atoms with Gasteiger partial charge in [0.1, 0.15) is 18.2 Å². The highest BCUT2D eigenvalue weighted by Crippen LogP contribution is 2.31. The molecule has 3 rings (SSSR count). The summed E-state index contributed by atoms with van der Waals surface area (Å²) in [5.74, 6) is -1.55. The number of rotatable bonds is 6. The lowest BCUT2D eigenvalue weighted by atomic mass is 9.83. The highest BCUT2D eigenvalue weighted by molar-refractivity contribution is 5.82. The van der Waals surface area contributed by atoms with E-state index in [0.717, 1.165) is 5.56 Å². The predicted molar refractivity (Wildman–Crippen MR) is 109 cm³/mol. The van der Waals surface area contributed by atoms with Crippen molar-refractivity contribution in [1.29, 1.82) is 0 Å². The van der Waals surface area contributed by atoms with Gasteiger partial charge in [-0.2, -0.15) is 0 Å². The predicted octanol–water partition coefficient (Wildman–Crippen LogP) is 3.17. The quantitative estimate of drug-likeness (QED) is 0.787. The van der Waals surface area contributed by atoms with Crippen LogP contribution in [0.5, 0.6) is 0 Å². The Labute approximate surface area is 175 Å². The second-order valence-corrected chi connectivity index (χ2v) is 7.72. The highest BCUT2D eigenvalue weighted by Gasteiger charge is 2.34. The molecule has 1 aliphatic rings. The molecule has 0 bridgehead atoms. The van der Waals surface area contributed by atoms with E-state index in [1.54, 1.807) is 36.1 Å². The third-order valence-electron chi connectivity index (χ3n) is 5.45. The summed E-state index contributed by atoms with van der Waals surface area (Å²) in [5, 5.41) is 2.85. The Morgan fingerprint density at radius 2 is 1.97 bits per heavy atom. The first-order chi connectivity index (χ1) is 14.4. The second kappa shape index (κ2) is 9.80. The number of nitrogens with one attached hydrogen (secondary N) is 1. The smallest absolute Gasteiger partial charge is 0.248 e. The number of ether oxygens (including phenoxy) is 1. The van der Waals surface area contributed by atoms with Gasteiger partial charge in [0.15, 0.2) is 0 Å². The number of likely N-dealkylation sites (tertiary alicyclic amines) is 1. The van der Waals surface area contributed by atoms with Gasteiger partial charge in [0.25, 0.3) is 0 Å². The first-order valence-corrected chi connectivity index (χ1v) is 9.92. The maximum Gasteiger partial charge on any atom is 0.248 e. The van der Waals surface area contributed by atoms with Gasteiger partial charge in [-0.15, -0.1) is 0 Å². The zero-order valence-corrected chi connectivity index (χ0v) is 17.2. The molecule has 7 heteroatoms. The number of hydrogen-bond donors (Lipinski definition) is 1. The van der Waals surface area contributed by atoms with Gasteiger partial charge in [0, 0.05) is 32.7 Å². The molecule has 2 unspecified atom stereocenters. The molecular weight excluding hydrogens is 390 g/mol. The molecule has 5 nitrogen and oxygen atoms in total. The highest BCUT2D eigenvalue weighted by atomic mass is 19.1. The number of benzene rings is 2. The monoisotopic (exact) mass is 416 g/mol. The normalized spacial score (nSPS) is 18.9. The number of piperidine rings is 1. The van der Waals surface area contributed by atoms with Gasteiger partial charge in [0.2, 0.25) is 11.8 Å². The molecular formula is C23H26F2N2O3. The zero-order valence-electron chi connectivity index (χ0n) is 17.2. The van der Waals surface area contributed by atoms with Crippen LogP contribution in [0, 0.1) is 24.5 Å². The number of nitrogens with zero attached hydrogens (tertiary/aromatic N) is 1. The molecule has 2 aromatic rings. The van der Waals surface area contributed by atoms with E-state index in [1.807, 2.05) is 0 Å². The van der Waals surface area contributed by atoms with Crippen LogP contribution < -0.4 is 5.32 Å². The van der Waals surface area contributed by atoms with Crippen molar-refractivity contribution in [3.63, 3.8) is 0 Å². The van der Waals surface area contributed by atoms with E-state index in [0.29, 0.717) is 24.1 Å². The Morgan fingerprint density at radius 1 is 1.17 bits per heavy atom. The van der Waals surface area contributed by atoms with E-state index < -0.39 is 5.92 Å². The number of halogens is 2. The van der Waals surface area contributed by atoms with Crippen molar-refractivity contribution in [3.05, 3.63) is 70.8 Å². The van der Waals surface area contributed by atoms with Crippen molar-refractivity contribution in [2.75, 3.05) is 26.8 Å². The van der Waals surface area contributed by atoms with E-state index >= 15 is 0 Å². The van der Waals surface area contributed by atoms with Crippen LogP contribution in [-0.4, -0.2) is 43.5 Å². The first-order valence-electron chi connectivity index (χ1n) is 9.92. The summed E-state index contributed by atoms with van der Waals surface area (Å²) in [7, 11) is 1.45. The van der Waals surface area contributed by atoms with Gasteiger partial charge >= 0.3 is 0 Å². The maximum absolute atomic E-state index is 13.7. The van der Waals surface area contributed by atoms with Crippen LogP contribution in [0.4, 0.5) is 8.78 Å². The summed E-state index contributed by atoms with van der Waals surface area (Å²) < 4.78 is 32.0. The number of aryl methyl sites for hydroxylation is 1. The van der Waals surface area contributed by atoms with Crippen LogP contribution in [0.1, 0.15) is 29.0 Å². The van der Waals surface area contributed by atoms with Crippen molar-refractivity contribution < 1.29 is 23.1 Å². The Hall–Kier alpha value is -2.80. The summed E-state index contributed by atoms with van der Waals surface area (Å²) >= 11 is 0. The summed E-state index contributed by atoms with van der Waals surface area (Å²) in [4.78, 5) is 26.9. The number of amides is 2. The summed E-state index contributed by atoms with van der Waals surface area (Å²) in [6.07, 6.45) is 0.539. The van der Waals surface area contributed by atoms with Gasteiger partial charge in [-0.05, 0) is 48.2 Å². The second-order valence-electron chi connectivity index (χ2n) is 7.72. The topological polar surface area (TPSA) is 58.6 Å². The zero-order chi connectivity index (χ0) is 21.7. The third-order valence-corrected chi connectivity index (χ3v) is 5.45. The molecule has 0 spiro atoms. The Balaban J connectivity index is 1.75. The standard InChI is InChI=1S/C23H26F2N2O3/c1-15-8-17(6-7-21(15)25)18-10-19(13-27(12-18)22(28)14-30-2)23(29)26-11-16-4-3-5-20(24)9-16/h3-9,18-19H,10-14H2,1-2H3,(H,26,29). The van der Waals surface area contributed by atoms with Crippen molar-refractivity contribution in [2.45, 2.75) is 25.8 Å². The molecule has 1 aliphatic heterocycles. The fourth-order valence-electron chi connectivity index (χ4n) is 3.85.